The second-order valence-corrected chi connectivity index (χ2v) is 5.46. The summed E-state index contributed by atoms with van der Waals surface area (Å²) < 4.78 is 0. The number of aliphatic hydroxyl groups excluding tert-OH is 1. The highest BCUT2D eigenvalue weighted by Crippen LogP contribution is 2.19. The van der Waals surface area contributed by atoms with E-state index in [0.717, 1.165) is 5.56 Å². The number of hydrogen-bond donors (Lipinski definition) is 2. The Morgan fingerprint density at radius 2 is 2.39 bits per heavy atom. The van der Waals surface area contributed by atoms with E-state index in [9.17, 15) is 5.11 Å². The van der Waals surface area contributed by atoms with Crippen molar-refractivity contribution in [3.8, 4) is 0 Å². The van der Waals surface area contributed by atoms with E-state index < -0.39 is 6.10 Å². The molecule has 0 aliphatic heterocycles. The van der Waals surface area contributed by atoms with Crippen LogP contribution >= 0.6 is 34.7 Å². The van der Waals surface area contributed by atoms with Crippen LogP contribution in [0.5, 0.6) is 0 Å². The van der Waals surface area contributed by atoms with Crippen molar-refractivity contribution in [2.45, 2.75) is 11.3 Å². The van der Waals surface area contributed by atoms with Crippen LogP contribution in [-0.2, 0) is 0 Å². The molecular formula is C11H12ClN3OS2. The van der Waals surface area contributed by atoms with Gasteiger partial charge in [0.05, 0.1) is 6.10 Å². The van der Waals surface area contributed by atoms with Crippen LogP contribution in [0.1, 0.15) is 11.7 Å². The number of rotatable bonds is 5. The quantitative estimate of drug-likeness (QED) is 0.505. The van der Waals surface area contributed by atoms with Gasteiger partial charge in [0.15, 0.2) is 5.16 Å². The maximum atomic E-state index is 9.93. The molecule has 7 heteroatoms. The first-order valence-corrected chi connectivity index (χ1v) is 7.76. The molecular weight excluding hydrogens is 290 g/mol. The minimum absolute atomic E-state index is 0.387. The van der Waals surface area contributed by atoms with E-state index in [2.05, 4.69) is 15.3 Å². The Morgan fingerprint density at radius 1 is 1.56 bits per heavy atom. The number of hydrogen-bond acceptors (Lipinski definition) is 6. The minimum atomic E-state index is -0.553. The first kappa shape index (κ1) is 13.6. The van der Waals surface area contributed by atoms with Crippen LogP contribution < -0.4 is 5.32 Å². The van der Waals surface area contributed by atoms with Gasteiger partial charge in [-0.1, -0.05) is 23.4 Å². The van der Waals surface area contributed by atoms with E-state index >= 15 is 0 Å². The molecule has 18 heavy (non-hydrogen) atoms. The lowest BCUT2D eigenvalue weighted by Crippen LogP contribution is -2.12. The van der Waals surface area contributed by atoms with Gasteiger partial charge in [-0.2, -0.15) is 11.3 Å². The van der Waals surface area contributed by atoms with Gasteiger partial charge in [-0.25, -0.2) is 9.97 Å². The molecule has 0 radical (unpaired) electrons. The smallest absolute Gasteiger partial charge is 0.190 e. The Hall–Kier alpha value is -0.820. The molecule has 2 aromatic rings. The van der Waals surface area contributed by atoms with Crippen LogP contribution in [-0.4, -0.2) is 27.9 Å². The number of halogens is 1. The van der Waals surface area contributed by atoms with Gasteiger partial charge in [-0.05, 0) is 28.6 Å². The first-order valence-electron chi connectivity index (χ1n) is 5.21. The summed E-state index contributed by atoms with van der Waals surface area (Å²) in [5, 5.41) is 17.8. The monoisotopic (exact) mass is 301 g/mol. The maximum Gasteiger partial charge on any atom is 0.190 e. The molecule has 96 valence electrons. The van der Waals surface area contributed by atoms with Crippen molar-refractivity contribution in [1.82, 2.24) is 9.97 Å². The van der Waals surface area contributed by atoms with Crippen molar-refractivity contribution in [2.24, 2.45) is 0 Å². The van der Waals surface area contributed by atoms with Gasteiger partial charge in [0.2, 0.25) is 0 Å². The first-order chi connectivity index (χ1) is 8.69. The lowest BCUT2D eigenvalue weighted by Gasteiger charge is -2.11. The Morgan fingerprint density at radius 3 is 3.06 bits per heavy atom. The second-order valence-electron chi connectivity index (χ2n) is 3.52. The molecule has 0 aliphatic carbocycles. The molecule has 4 nitrogen and oxygen atoms in total. The van der Waals surface area contributed by atoms with Crippen LogP contribution in [0.15, 0.2) is 28.0 Å². The number of aromatic nitrogens is 2. The predicted octanol–water partition coefficient (Wildman–Crippen LogP) is 3.06. The van der Waals surface area contributed by atoms with Gasteiger partial charge in [0.1, 0.15) is 11.0 Å². The number of nitrogens with zero attached hydrogens (tertiary/aromatic N) is 2. The standard InChI is InChI=1S/C11H12ClN3OS2/c1-17-11-14-9(12)4-10(15-11)13-5-8(16)7-2-3-18-6-7/h2-4,6,8,16H,5H2,1H3,(H,13,14,15). The van der Waals surface area contributed by atoms with Crippen molar-refractivity contribution in [3.05, 3.63) is 33.6 Å². The third kappa shape index (κ3) is 3.58. The number of aliphatic hydroxyl groups is 1. The molecule has 0 aromatic carbocycles. The molecule has 2 aromatic heterocycles. The van der Waals surface area contributed by atoms with E-state index in [1.807, 2.05) is 23.1 Å². The molecule has 2 rings (SSSR count). The molecule has 0 bridgehead atoms. The summed E-state index contributed by atoms with van der Waals surface area (Å²) in [6.07, 6.45) is 1.33. The number of thiophene rings is 1. The van der Waals surface area contributed by atoms with Gasteiger partial charge in [-0.15, -0.1) is 0 Å². The minimum Gasteiger partial charge on any atom is -0.387 e. The summed E-state index contributed by atoms with van der Waals surface area (Å²) in [7, 11) is 0. The Bertz CT molecular complexity index is 507. The summed E-state index contributed by atoms with van der Waals surface area (Å²) in [5.74, 6) is 0.619. The van der Waals surface area contributed by atoms with Crippen molar-refractivity contribution in [3.63, 3.8) is 0 Å². The Labute approximate surface area is 118 Å². The van der Waals surface area contributed by atoms with Crippen molar-refractivity contribution in [2.75, 3.05) is 18.1 Å². The maximum absolute atomic E-state index is 9.93. The summed E-state index contributed by atoms with van der Waals surface area (Å²) >= 11 is 8.86. The van der Waals surface area contributed by atoms with Crippen LogP contribution in [0.25, 0.3) is 0 Å². The lowest BCUT2D eigenvalue weighted by molar-refractivity contribution is 0.192. The van der Waals surface area contributed by atoms with Crippen LogP contribution in [0.2, 0.25) is 5.15 Å². The fourth-order valence-corrected chi connectivity index (χ4v) is 2.68. The highest BCUT2D eigenvalue weighted by molar-refractivity contribution is 7.98. The van der Waals surface area contributed by atoms with E-state index in [-0.39, 0.29) is 0 Å². The molecule has 0 fully saturated rings. The average molecular weight is 302 g/mol. The van der Waals surface area contributed by atoms with Crippen LogP contribution in [0.3, 0.4) is 0 Å². The molecule has 0 saturated carbocycles. The van der Waals surface area contributed by atoms with Gasteiger partial charge in [-0.3, -0.25) is 0 Å². The molecule has 1 unspecified atom stereocenters. The SMILES string of the molecule is CSc1nc(Cl)cc(NCC(O)c2ccsc2)n1. The fourth-order valence-electron chi connectivity index (χ4n) is 1.36. The zero-order valence-corrected chi connectivity index (χ0v) is 12.0. The summed E-state index contributed by atoms with van der Waals surface area (Å²) in [6.45, 7) is 0.387. The average Bonchev–Trinajstić information content (AvgIpc) is 2.89. The topological polar surface area (TPSA) is 58.0 Å². The zero-order chi connectivity index (χ0) is 13.0. The molecule has 1 atom stereocenters. The van der Waals surface area contributed by atoms with Gasteiger partial charge in [0, 0.05) is 12.6 Å². The van der Waals surface area contributed by atoms with E-state index in [4.69, 9.17) is 11.6 Å². The molecule has 0 amide bonds. The molecule has 2 N–H and O–H groups in total. The van der Waals surface area contributed by atoms with Gasteiger partial charge < -0.3 is 10.4 Å². The summed E-state index contributed by atoms with van der Waals surface area (Å²) in [4.78, 5) is 8.30. The van der Waals surface area contributed by atoms with Crippen molar-refractivity contribution < 1.29 is 5.11 Å². The number of nitrogens with one attached hydrogen (secondary N) is 1. The molecule has 0 spiro atoms. The van der Waals surface area contributed by atoms with Gasteiger partial charge in [0.25, 0.3) is 0 Å². The van der Waals surface area contributed by atoms with Crippen molar-refractivity contribution >= 4 is 40.5 Å². The fraction of sp³-hybridized carbons (Fsp3) is 0.273. The Balaban J connectivity index is 1.99. The lowest BCUT2D eigenvalue weighted by atomic mass is 10.2. The van der Waals surface area contributed by atoms with Crippen LogP contribution in [0, 0.1) is 0 Å². The Kier molecular flexibility index (Phi) is 4.82. The molecule has 2 heterocycles. The molecule has 0 saturated heterocycles. The third-order valence-electron chi connectivity index (χ3n) is 2.26. The summed E-state index contributed by atoms with van der Waals surface area (Å²) in [5.41, 5.74) is 0.901. The highest BCUT2D eigenvalue weighted by atomic mass is 35.5. The summed E-state index contributed by atoms with van der Waals surface area (Å²) in [6, 6.07) is 3.54. The number of anilines is 1. The second kappa shape index (κ2) is 6.38. The number of thioether (sulfide) groups is 1. The normalized spacial score (nSPS) is 12.4. The third-order valence-corrected chi connectivity index (χ3v) is 3.70. The largest absolute Gasteiger partial charge is 0.387 e. The van der Waals surface area contributed by atoms with E-state index in [1.165, 1.54) is 11.8 Å². The van der Waals surface area contributed by atoms with E-state index in [0.29, 0.717) is 22.7 Å². The molecule has 0 aliphatic rings. The predicted molar refractivity (Wildman–Crippen MR) is 76.6 cm³/mol. The van der Waals surface area contributed by atoms with Gasteiger partial charge >= 0.3 is 0 Å². The van der Waals surface area contributed by atoms with Crippen LogP contribution in [0.4, 0.5) is 5.82 Å². The van der Waals surface area contributed by atoms with Crippen molar-refractivity contribution in [1.29, 1.82) is 0 Å². The zero-order valence-electron chi connectivity index (χ0n) is 9.63. The van der Waals surface area contributed by atoms with E-state index in [1.54, 1.807) is 17.4 Å². The highest BCUT2D eigenvalue weighted by Gasteiger charge is 2.09.